The van der Waals surface area contributed by atoms with E-state index in [1.807, 2.05) is 6.26 Å². The average molecular weight is 339 g/mol. The molecule has 6 nitrogen and oxygen atoms in total. The number of aliphatic hydroxyl groups excluding tert-OH is 1. The van der Waals surface area contributed by atoms with Gasteiger partial charge in [-0.15, -0.1) is 11.8 Å². The maximum Gasteiger partial charge on any atom is 0.216 e. The quantitative estimate of drug-likeness (QED) is 0.779. The fourth-order valence-corrected chi connectivity index (χ4v) is 2.97. The predicted octanol–water partition coefficient (Wildman–Crippen LogP) is 2.16. The molecule has 0 aliphatic carbocycles. The lowest BCUT2D eigenvalue weighted by atomic mass is 10.1. The molecule has 23 heavy (non-hydrogen) atoms. The molecule has 124 valence electrons. The molecule has 0 amide bonds. The number of ether oxygens (including phenoxy) is 2. The van der Waals surface area contributed by atoms with Gasteiger partial charge in [-0.2, -0.15) is 4.98 Å². The minimum atomic E-state index is -0.531. The Morgan fingerprint density at radius 1 is 1.30 bits per heavy atom. The Labute approximate surface area is 137 Å². The van der Waals surface area contributed by atoms with Crippen molar-refractivity contribution in [1.82, 2.24) is 9.97 Å². The lowest BCUT2D eigenvalue weighted by molar-refractivity contribution is 0.274. The molecule has 1 aromatic heterocycles. The number of halogens is 1. The minimum Gasteiger partial charge on any atom is -0.492 e. The summed E-state index contributed by atoms with van der Waals surface area (Å²) in [5.74, 6) is 0.218. The van der Waals surface area contributed by atoms with E-state index in [1.165, 1.54) is 32.0 Å². The van der Waals surface area contributed by atoms with Gasteiger partial charge in [0, 0.05) is 6.07 Å². The Balaban J connectivity index is 2.56. The molecule has 1 unspecified atom stereocenters. The van der Waals surface area contributed by atoms with Crippen molar-refractivity contribution >= 4 is 17.4 Å². The molecule has 0 spiro atoms. The van der Waals surface area contributed by atoms with Gasteiger partial charge in [0.2, 0.25) is 5.88 Å². The molecule has 1 aromatic carbocycles. The van der Waals surface area contributed by atoms with Crippen LogP contribution in [0.1, 0.15) is 22.3 Å². The van der Waals surface area contributed by atoms with Gasteiger partial charge in [-0.25, -0.2) is 9.37 Å². The fourth-order valence-electron chi connectivity index (χ4n) is 2.19. The molecule has 3 N–H and O–H groups in total. The van der Waals surface area contributed by atoms with Crippen LogP contribution in [0.2, 0.25) is 0 Å². The summed E-state index contributed by atoms with van der Waals surface area (Å²) in [6.45, 7) is -0.241. The maximum atomic E-state index is 13.7. The number of nitrogens with two attached hydrogens (primary N) is 1. The normalized spacial score (nSPS) is 12.0. The first-order chi connectivity index (χ1) is 11.0. The number of methoxy groups -OCH3 is 2. The first kappa shape index (κ1) is 17.3. The molecule has 0 aliphatic rings. The summed E-state index contributed by atoms with van der Waals surface area (Å²) in [6.07, 6.45) is 1.86. The summed E-state index contributed by atoms with van der Waals surface area (Å²) >= 11 is 1.43. The number of nitrogens with zero attached hydrogens (tertiary/aromatic N) is 2. The van der Waals surface area contributed by atoms with Gasteiger partial charge in [-0.05, 0) is 17.9 Å². The number of aliphatic hydroxyl groups is 1. The lowest BCUT2D eigenvalue weighted by Gasteiger charge is -2.18. The van der Waals surface area contributed by atoms with Crippen LogP contribution in [-0.4, -0.2) is 35.5 Å². The summed E-state index contributed by atoms with van der Waals surface area (Å²) in [5.41, 5.74) is 7.29. The number of anilines is 1. The molecule has 2 rings (SSSR count). The third kappa shape index (κ3) is 3.48. The second-order valence-electron chi connectivity index (χ2n) is 4.62. The van der Waals surface area contributed by atoms with Crippen LogP contribution in [0.4, 0.5) is 10.1 Å². The maximum absolute atomic E-state index is 13.7. The van der Waals surface area contributed by atoms with Crippen molar-refractivity contribution in [2.45, 2.75) is 11.9 Å². The molecular formula is C15H18FN3O3S. The van der Waals surface area contributed by atoms with Gasteiger partial charge >= 0.3 is 0 Å². The summed E-state index contributed by atoms with van der Waals surface area (Å²) in [4.78, 5) is 8.63. The molecular weight excluding hydrogens is 321 g/mol. The zero-order valence-corrected chi connectivity index (χ0v) is 13.9. The van der Waals surface area contributed by atoms with Crippen LogP contribution in [0, 0.1) is 5.82 Å². The number of nitrogen functional groups attached to an aromatic ring is 1. The first-order valence-corrected chi connectivity index (χ1v) is 8.01. The van der Waals surface area contributed by atoms with E-state index in [0.717, 1.165) is 0 Å². The Hall–Kier alpha value is -2.06. The van der Waals surface area contributed by atoms with E-state index in [4.69, 9.17) is 15.2 Å². The van der Waals surface area contributed by atoms with E-state index in [0.29, 0.717) is 23.0 Å². The number of hydrogen-bond donors (Lipinski definition) is 2. The predicted molar refractivity (Wildman–Crippen MR) is 87.2 cm³/mol. The second kappa shape index (κ2) is 7.47. The van der Waals surface area contributed by atoms with E-state index in [1.54, 1.807) is 12.1 Å². The molecule has 1 heterocycles. The summed E-state index contributed by atoms with van der Waals surface area (Å²) < 4.78 is 23.9. The summed E-state index contributed by atoms with van der Waals surface area (Å²) in [6, 6.07) is 4.42. The second-order valence-corrected chi connectivity index (χ2v) is 5.56. The van der Waals surface area contributed by atoms with Gasteiger partial charge < -0.3 is 20.3 Å². The monoisotopic (exact) mass is 339 g/mol. The number of hydrogen-bond acceptors (Lipinski definition) is 7. The van der Waals surface area contributed by atoms with Crippen LogP contribution >= 0.6 is 11.8 Å². The smallest absolute Gasteiger partial charge is 0.216 e. The van der Waals surface area contributed by atoms with Gasteiger partial charge in [0.05, 0.1) is 37.5 Å². The van der Waals surface area contributed by atoms with Gasteiger partial charge in [-0.1, -0.05) is 6.07 Å². The molecule has 8 heteroatoms. The standard InChI is InChI=1S/C15H18FN3O3S/c1-21-11-6-8(7-20)18-15(19-11)14(23-3)9-4-5-10(16)13(22-2)12(9)17/h4-6,14,20H,7,17H2,1-3H3. The number of thioether (sulfide) groups is 1. The van der Waals surface area contributed by atoms with Gasteiger partial charge in [0.25, 0.3) is 0 Å². The van der Waals surface area contributed by atoms with Crippen molar-refractivity contribution in [1.29, 1.82) is 0 Å². The van der Waals surface area contributed by atoms with Crippen LogP contribution in [0.5, 0.6) is 11.6 Å². The highest BCUT2D eigenvalue weighted by Crippen LogP contribution is 2.40. The zero-order chi connectivity index (χ0) is 17.0. The Kier molecular flexibility index (Phi) is 5.62. The van der Waals surface area contributed by atoms with E-state index >= 15 is 0 Å². The Morgan fingerprint density at radius 3 is 2.61 bits per heavy atom. The molecule has 1 atom stereocenters. The van der Waals surface area contributed by atoms with E-state index in [9.17, 15) is 9.50 Å². The molecule has 0 saturated heterocycles. The highest BCUT2D eigenvalue weighted by atomic mass is 32.2. The van der Waals surface area contributed by atoms with Crippen LogP contribution in [0.25, 0.3) is 0 Å². The van der Waals surface area contributed by atoms with E-state index in [-0.39, 0.29) is 23.3 Å². The third-order valence-electron chi connectivity index (χ3n) is 3.28. The zero-order valence-electron chi connectivity index (χ0n) is 13.0. The van der Waals surface area contributed by atoms with E-state index < -0.39 is 5.82 Å². The van der Waals surface area contributed by atoms with Crippen molar-refractivity contribution in [3.63, 3.8) is 0 Å². The molecule has 2 aromatic rings. The molecule has 0 aliphatic heterocycles. The molecule has 0 bridgehead atoms. The van der Waals surface area contributed by atoms with Crippen LogP contribution in [0.3, 0.4) is 0 Å². The Bertz CT molecular complexity index is 678. The molecule has 0 radical (unpaired) electrons. The number of rotatable bonds is 6. The van der Waals surface area contributed by atoms with Crippen molar-refractivity contribution in [2.75, 3.05) is 26.2 Å². The molecule has 0 fully saturated rings. The van der Waals surface area contributed by atoms with Gasteiger partial charge in [-0.3, -0.25) is 0 Å². The van der Waals surface area contributed by atoms with Crippen LogP contribution in [0.15, 0.2) is 18.2 Å². The number of benzene rings is 1. The highest BCUT2D eigenvalue weighted by Gasteiger charge is 2.23. The molecule has 0 saturated carbocycles. The largest absolute Gasteiger partial charge is 0.492 e. The van der Waals surface area contributed by atoms with E-state index in [2.05, 4.69) is 9.97 Å². The van der Waals surface area contributed by atoms with Gasteiger partial charge in [0.1, 0.15) is 5.82 Å². The van der Waals surface area contributed by atoms with Crippen molar-refractivity contribution in [2.24, 2.45) is 0 Å². The third-order valence-corrected chi connectivity index (χ3v) is 4.22. The van der Waals surface area contributed by atoms with Crippen LogP contribution in [-0.2, 0) is 6.61 Å². The SMILES string of the molecule is COc1cc(CO)nc(C(SC)c2ccc(F)c(OC)c2N)n1. The van der Waals surface area contributed by atoms with Crippen molar-refractivity contribution in [3.05, 3.63) is 41.1 Å². The summed E-state index contributed by atoms with van der Waals surface area (Å²) in [5, 5.41) is 8.98. The number of aromatic nitrogens is 2. The topological polar surface area (TPSA) is 90.5 Å². The first-order valence-electron chi connectivity index (χ1n) is 6.73. The van der Waals surface area contributed by atoms with Crippen molar-refractivity contribution in [3.8, 4) is 11.6 Å². The van der Waals surface area contributed by atoms with Crippen molar-refractivity contribution < 1.29 is 19.0 Å². The highest BCUT2D eigenvalue weighted by molar-refractivity contribution is 7.99. The summed E-state index contributed by atoms with van der Waals surface area (Å²) in [7, 11) is 2.84. The average Bonchev–Trinajstić information content (AvgIpc) is 2.57. The lowest BCUT2D eigenvalue weighted by Crippen LogP contribution is -2.10. The fraction of sp³-hybridized carbons (Fsp3) is 0.333. The van der Waals surface area contributed by atoms with Gasteiger partial charge in [0.15, 0.2) is 11.6 Å². The Morgan fingerprint density at radius 2 is 2.04 bits per heavy atom. The minimum absolute atomic E-state index is 0.00757. The van der Waals surface area contributed by atoms with Crippen LogP contribution < -0.4 is 15.2 Å².